The van der Waals surface area contributed by atoms with E-state index in [1.54, 1.807) is 7.11 Å². The summed E-state index contributed by atoms with van der Waals surface area (Å²) in [5, 5.41) is 18.0. The van der Waals surface area contributed by atoms with Crippen molar-refractivity contribution in [2.45, 2.75) is 76.7 Å². The summed E-state index contributed by atoms with van der Waals surface area (Å²) >= 11 is 0. The number of rotatable bonds is 7. The van der Waals surface area contributed by atoms with Crippen molar-refractivity contribution in [1.82, 2.24) is 15.1 Å². The molecule has 1 aromatic rings. The van der Waals surface area contributed by atoms with E-state index in [2.05, 4.69) is 10.4 Å². The van der Waals surface area contributed by atoms with Crippen LogP contribution in [0.25, 0.3) is 0 Å². The molecular weight excluding hydrogens is 334 g/mol. The van der Waals surface area contributed by atoms with Crippen molar-refractivity contribution in [2.24, 2.45) is 0 Å². The van der Waals surface area contributed by atoms with Gasteiger partial charge in [0.2, 0.25) is 0 Å². The summed E-state index contributed by atoms with van der Waals surface area (Å²) in [6.07, 6.45) is 5.03. The van der Waals surface area contributed by atoms with Gasteiger partial charge in [-0.1, -0.05) is 12.8 Å². The van der Waals surface area contributed by atoms with Crippen molar-refractivity contribution in [3.8, 4) is 0 Å². The second-order valence-electron chi connectivity index (χ2n) is 7.66. The number of amides is 1. The fourth-order valence-corrected chi connectivity index (χ4v) is 4.22. The van der Waals surface area contributed by atoms with E-state index in [0.29, 0.717) is 38.2 Å². The first-order chi connectivity index (χ1) is 12.4. The number of carbonyl (C=O) groups excluding carboxylic acids is 1. The van der Waals surface area contributed by atoms with Crippen LogP contribution in [-0.2, 0) is 22.4 Å². The first kappa shape index (κ1) is 19.3. The van der Waals surface area contributed by atoms with E-state index in [4.69, 9.17) is 9.47 Å². The largest absolute Gasteiger partial charge is 0.390 e. The molecule has 26 heavy (non-hydrogen) atoms. The normalized spacial score (nSPS) is 24.5. The van der Waals surface area contributed by atoms with Crippen molar-refractivity contribution in [2.75, 3.05) is 20.3 Å². The van der Waals surface area contributed by atoms with Gasteiger partial charge >= 0.3 is 0 Å². The van der Waals surface area contributed by atoms with E-state index in [-0.39, 0.29) is 18.1 Å². The maximum Gasteiger partial charge on any atom is 0.272 e. The Morgan fingerprint density at radius 3 is 2.85 bits per heavy atom. The van der Waals surface area contributed by atoms with Gasteiger partial charge < -0.3 is 19.9 Å². The number of methoxy groups -OCH3 is 1. The van der Waals surface area contributed by atoms with Crippen molar-refractivity contribution in [3.05, 3.63) is 17.0 Å². The van der Waals surface area contributed by atoms with Gasteiger partial charge in [0.15, 0.2) is 5.69 Å². The predicted molar refractivity (Wildman–Crippen MR) is 97.1 cm³/mol. The molecule has 0 radical (unpaired) electrons. The molecule has 0 aromatic carbocycles. The van der Waals surface area contributed by atoms with Crippen LogP contribution in [0.2, 0.25) is 0 Å². The third kappa shape index (κ3) is 4.10. The molecule has 1 aromatic heterocycles. The first-order valence-corrected chi connectivity index (χ1v) is 9.68. The predicted octanol–water partition coefficient (Wildman–Crippen LogP) is 1.98. The Labute approximate surface area is 155 Å². The number of carbonyl (C=O) groups is 1. The van der Waals surface area contributed by atoms with Gasteiger partial charge in [-0.25, -0.2) is 0 Å². The Morgan fingerprint density at radius 1 is 1.42 bits per heavy atom. The summed E-state index contributed by atoms with van der Waals surface area (Å²) in [5.74, 6) is -0.166. The Kier molecular flexibility index (Phi) is 5.99. The van der Waals surface area contributed by atoms with Crippen LogP contribution in [0, 0.1) is 0 Å². The zero-order valence-corrected chi connectivity index (χ0v) is 16.1. The lowest BCUT2D eigenvalue weighted by atomic mass is 9.97. The number of aromatic nitrogens is 2. The molecule has 2 heterocycles. The molecule has 7 nitrogen and oxygen atoms in total. The molecule has 2 aliphatic rings. The first-order valence-electron chi connectivity index (χ1n) is 9.68. The van der Waals surface area contributed by atoms with Gasteiger partial charge in [0.25, 0.3) is 5.91 Å². The quantitative estimate of drug-likeness (QED) is 0.772. The molecule has 3 rings (SSSR count). The van der Waals surface area contributed by atoms with E-state index in [0.717, 1.165) is 36.9 Å². The topological polar surface area (TPSA) is 85.6 Å². The summed E-state index contributed by atoms with van der Waals surface area (Å²) in [5.41, 5.74) is 1.82. The molecule has 0 bridgehead atoms. The van der Waals surface area contributed by atoms with E-state index in [1.165, 1.54) is 0 Å². The van der Waals surface area contributed by atoms with Crippen LogP contribution in [0.5, 0.6) is 0 Å². The van der Waals surface area contributed by atoms with E-state index >= 15 is 0 Å². The van der Waals surface area contributed by atoms with Gasteiger partial charge in [-0.2, -0.15) is 5.10 Å². The highest BCUT2D eigenvalue weighted by atomic mass is 16.5. The molecule has 146 valence electrons. The average molecular weight is 365 g/mol. The van der Waals surface area contributed by atoms with Gasteiger partial charge in [-0.15, -0.1) is 0 Å². The summed E-state index contributed by atoms with van der Waals surface area (Å²) in [7, 11) is 1.65. The lowest BCUT2D eigenvalue weighted by Crippen LogP contribution is -2.33. The van der Waals surface area contributed by atoms with Crippen molar-refractivity contribution in [1.29, 1.82) is 0 Å². The summed E-state index contributed by atoms with van der Waals surface area (Å²) in [6, 6.07) is 0. The Bertz CT molecular complexity index is 637. The number of hydrogen-bond acceptors (Lipinski definition) is 5. The fourth-order valence-electron chi connectivity index (χ4n) is 4.22. The monoisotopic (exact) mass is 365 g/mol. The molecule has 2 N–H and O–H groups in total. The second kappa shape index (κ2) is 8.06. The minimum absolute atomic E-state index is 0.0586. The number of fused-ring (bicyclic) bond motifs is 1. The smallest absolute Gasteiger partial charge is 0.272 e. The van der Waals surface area contributed by atoms with Crippen molar-refractivity contribution < 1.29 is 19.4 Å². The lowest BCUT2D eigenvalue weighted by Gasteiger charge is -2.27. The van der Waals surface area contributed by atoms with Crippen LogP contribution < -0.4 is 5.32 Å². The van der Waals surface area contributed by atoms with E-state index < -0.39 is 5.60 Å². The van der Waals surface area contributed by atoms with Crippen LogP contribution in [-0.4, -0.2) is 52.8 Å². The standard InChI is InChI=1S/C19H31N3O4/c1-13-12-15-16(18(23)20-9-8-19(24)6-4-5-7-19)21-22(10-11-25-3)17(15)14(2)26-13/h13-14,24H,4-12H2,1-3H3,(H,20,23)/t13-,14+/m1/s1. The maximum atomic E-state index is 12.8. The van der Waals surface area contributed by atoms with Crippen molar-refractivity contribution >= 4 is 5.91 Å². The zero-order chi connectivity index (χ0) is 18.7. The van der Waals surface area contributed by atoms with Gasteiger partial charge in [-0.05, 0) is 33.1 Å². The molecule has 0 unspecified atom stereocenters. The van der Waals surface area contributed by atoms with E-state index in [1.807, 2.05) is 18.5 Å². The number of hydrogen-bond donors (Lipinski definition) is 2. The van der Waals surface area contributed by atoms with Gasteiger partial charge in [0, 0.05) is 25.6 Å². The maximum absolute atomic E-state index is 12.8. The molecule has 0 saturated heterocycles. The Hall–Kier alpha value is -1.44. The van der Waals surface area contributed by atoms with Crippen LogP contribution in [0.15, 0.2) is 0 Å². The van der Waals surface area contributed by atoms with Gasteiger partial charge in [-0.3, -0.25) is 9.48 Å². The van der Waals surface area contributed by atoms with Gasteiger partial charge in [0.1, 0.15) is 0 Å². The molecule has 0 spiro atoms. The fraction of sp³-hybridized carbons (Fsp3) is 0.789. The highest BCUT2D eigenvalue weighted by Crippen LogP contribution is 2.33. The minimum Gasteiger partial charge on any atom is -0.390 e. The summed E-state index contributed by atoms with van der Waals surface area (Å²) in [4.78, 5) is 12.8. The lowest BCUT2D eigenvalue weighted by molar-refractivity contribution is -0.0101. The second-order valence-corrected chi connectivity index (χ2v) is 7.66. The highest BCUT2D eigenvalue weighted by Gasteiger charge is 2.33. The molecule has 1 fully saturated rings. The van der Waals surface area contributed by atoms with E-state index in [9.17, 15) is 9.90 Å². The molecule has 1 saturated carbocycles. The third-order valence-corrected chi connectivity index (χ3v) is 5.54. The van der Waals surface area contributed by atoms with Crippen molar-refractivity contribution in [3.63, 3.8) is 0 Å². The Balaban J connectivity index is 1.72. The minimum atomic E-state index is -0.610. The van der Waals surface area contributed by atoms with Crippen LogP contribution in [0.1, 0.15) is 73.8 Å². The summed E-state index contributed by atoms with van der Waals surface area (Å²) in [6.45, 7) is 5.61. The number of ether oxygens (including phenoxy) is 2. The zero-order valence-electron chi connectivity index (χ0n) is 16.1. The van der Waals surface area contributed by atoms with Gasteiger partial charge in [0.05, 0.1) is 36.7 Å². The number of nitrogens with zero attached hydrogens (tertiary/aromatic N) is 2. The number of nitrogens with one attached hydrogen (secondary N) is 1. The van der Waals surface area contributed by atoms with Crippen LogP contribution in [0.4, 0.5) is 0 Å². The third-order valence-electron chi connectivity index (χ3n) is 5.54. The van der Waals surface area contributed by atoms with Crippen LogP contribution in [0.3, 0.4) is 0 Å². The highest BCUT2D eigenvalue weighted by molar-refractivity contribution is 5.94. The molecule has 7 heteroatoms. The SMILES string of the molecule is COCCn1nc(C(=O)NCCC2(O)CCCC2)c2c1[C@H](C)O[C@H](C)C2. The molecule has 1 aliphatic heterocycles. The average Bonchev–Trinajstić information content (AvgIpc) is 3.17. The molecular formula is C19H31N3O4. The summed E-state index contributed by atoms with van der Waals surface area (Å²) < 4.78 is 12.9. The Morgan fingerprint density at radius 2 is 2.15 bits per heavy atom. The molecule has 1 amide bonds. The van der Waals surface area contributed by atoms with Crippen LogP contribution >= 0.6 is 0 Å². The molecule has 1 aliphatic carbocycles. The number of aliphatic hydroxyl groups is 1. The molecule has 2 atom stereocenters.